The minimum atomic E-state index is -0.359. The number of halogens is 1. The first-order valence-electron chi connectivity index (χ1n) is 3.24. The molecular weight excluding hydrogens is 119 g/mol. The predicted octanol–water partition coefficient (Wildman–Crippen LogP) is 2.02. The molecule has 0 aromatic rings. The lowest BCUT2D eigenvalue weighted by Gasteiger charge is -2.02. The van der Waals surface area contributed by atoms with Gasteiger partial charge in [0.05, 0.1) is 12.4 Å². The maximum Gasteiger partial charge on any atom is 0.0828 e. The zero-order chi connectivity index (χ0) is 7.11. The molecule has 0 saturated heterocycles. The molecule has 0 aliphatic heterocycles. The molecule has 1 nitrogen and oxygen atoms in total. The van der Waals surface area contributed by atoms with Gasteiger partial charge < -0.3 is 5.11 Å². The van der Waals surface area contributed by atoms with Gasteiger partial charge in [0.2, 0.25) is 0 Å². The molecular formula is C7H13FO. The van der Waals surface area contributed by atoms with Crippen LogP contribution >= 0.6 is 0 Å². The second kappa shape index (κ2) is 5.76. The summed E-state index contributed by atoms with van der Waals surface area (Å²) < 4.78 is 11.3. The normalized spacial score (nSPS) is 14.6. The Morgan fingerprint density at radius 3 is 2.78 bits per heavy atom. The Morgan fingerprint density at radius 2 is 2.33 bits per heavy atom. The highest BCUT2D eigenvalue weighted by atomic mass is 19.1. The Bertz CT molecular complexity index is 81.0. The molecule has 0 amide bonds. The first-order chi connectivity index (χ1) is 4.31. The van der Waals surface area contributed by atoms with Crippen molar-refractivity contribution in [2.24, 2.45) is 0 Å². The van der Waals surface area contributed by atoms with Crippen LogP contribution in [0.1, 0.15) is 26.2 Å². The molecule has 0 aliphatic rings. The van der Waals surface area contributed by atoms with Crippen molar-refractivity contribution in [2.45, 2.75) is 32.3 Å². The highest BCUT2D eigenvalue weighted by Crippen LogP contribution is 2.01. The van der Waals surface area contributed by atoms with Crippen LogP contribution in [0.2, 0.25) is 0 Å². The molecule has 0 aliphatic carbocycles. The van der Waals surface area contributed by atoms with Gasteiger partial charge in [-0.25, -0.2) is 4.39 Å². The van der Waals surface area contributed by atoms with Gasteiger partial charge in [-0.2, -0.15) is 0 Å². The van der Waals surface area contributed by atoms with Crippen LogP contribution in [0.4, 0.5) is 4.39 Å². The van der Waals surface area contributed by atoms with E-state index in [4.69, 9.17) is 5.11 Å². The van der Waals surface area contributed by atoms with Crippen molar-refractivity contribution in [3.05, 3.63) is 12.4 Å². The standard InChI is InChI=1S/C7H13FO/c1-2-4-7(9)5-3-6-8/h3,6-7,9H,2,4-5H2,1H3/b6-3-. The SMILES string of the molecule is CCCC(O)C/C=C\F. The van der Waals surface area contributed by atoms with Crippen LogP contribution in [-0.4, -0.2) is 11.2 Å². The average Bonchev–Trinajstić information content (AvgIpc) is 1.85. The summed E-state index contributed by atoms with van der Waals surface area (Å²) in [5, 5.41) is 8.96. The summed E-state index contributed by atoms with van der Waals surface area (Å²) >= 11 is 0. The molecule has 0 aromatic carbocycles. The second-order valence-corrected chi connectivity index (χ2v) is 2.04. The van der Waals surface area contributed by atoms with Gasteiger partial charge in [0.1, 0.15) is 0 Å². The third kappa shape index (κ3) is 5.50. The quantitative estimate of drug-likeness (QED) is 0.620. The minimum Gasteiger partial charge on any atom is -0.393 e. The van der Waals surface area contributed by atoms with Gasteiger partial charge in [-0.15, -0.1) is 0 Å². The van der Waals surface area contributed by atoms with Crippen molar-refractivity contribution in [2.75, 3.05) is 0 Å². The van der Waals surface area contributed by atoms with E-state index in [2.05, 4.69) is 0 Å². The molecule has 0 radical (unpaired) electrons. The summed E-state index contributed by atoms with van der Waals surface area (Å²) in [6, 6.07) is 0. The summed E-state index contributed by atoms with van der Waals surface area (Å²) in [5.74, 6) is 0. The molecule has 0 heterocycles. The predicted molar refractivity (Wildman–Crippen MR) is 35.8 cm³/mol. The van der Waals surface area contributed by atoms with E-state index in [1.165, 1.54) is 6.08 Å². The van der Waals surface area contributed by atoms with E-state index in [1.807, 2.05) is 6.92 Å². The maximum absolute atomic E-state index is 11.3. The first-order valence-corrected chi connectivity index (χ1v) is 3.24. The van der Waals surface area contributed by atoms with Crippen LogP contribution in [0.3, 0.4) is 0 Å². The van der Waals surface area contributed by atoms with Gasteiger partial charge in [-0.3, -0.25) is 0 Å². The van der Waals surface area contributed by atoms with Crippen molar-refractivity contribution >= 4 is 0 Å². The monoisotopic (exact) mass is 132 g/mol. The van der Waals surface area contributed by atoms with Crippen LogP contribution in [0.15, 0.2) is 12.4 Å². The van der Waals surface area contributed by atoms with E-state index < -0.39 is 0 Å². The van der Waals surface area contributed by atoms with E-state index >= 15 is 0 Å². The van der Waals surface area contributed by atoms with E-state index in [0.717, 1.165) is 12.8 Å². The molecule has 0 saturated carbocycles. The van der Waals surface area contributed by atoms with E-state index in [9.17, 15) is 4.39 Å². The topological polar surface area (TPSA) is 20.2 Å². The molecule has 0 aromatic heterocycles. The first kappa shape index (κ1) is 8.63. The van der Waals surface area contributed by atoms with Crippen LogP contribution < -0.4 is 0 Å². The van der Waals surface area contributed by atoms with Crippen molar-refractivity contribution in [3.8, 4) is 0 Å². The molecule has 0 rings (SSSR count). The molecule has 0 spiro atoms. The molecule has 9 heavy (non-hydrogen) atoms. The number of aliphatic hydroxyl groups excluding tert-OH is 1. The van der Waals surface area contributed by atoms with Gasteiger partial charge in [0.15, 0.2) is 0 Å². The second-order valence-electron chi connectivity index (χ2n) is 2.04. The summed E-state index contributed by atoms with van der Waals surface area (Å²) in [4.78, 5) is 0. The number of hydrogen-bond acceptors (Lipinski definition) is 1. The summed E-state index contributed by atoms with van der Waals surface area (Å²) in [6.07, 6.45) is 3.58. The van der Waals surface area contributed by atoms with Gasteiger partial charge in [-0.1, -0.05) is 19.4 Å². The fraction of sp³-hybridized carbons (Fsp3) is 0.714. The average molecular weight is 132 g/mol. The van der Waals surface area contributed by atoms with E-state index in [0.29, 0.717) is 12.8 Å². The number of aliphatic hydroxyl groups is 1. The zero-order valence-corrected chi connectivity index (χ0v) is 5.68. The smallest absolute Gasteiger partial charge is 0.0828 e. The third-order valence-electron chi connectivity index (χ3n) is 1.12. The van der Waals surface area contributed by atoms with E-state index in [1.54, 1.807) is 0 Å². The lowest BCUT2D eigenvalue weighted by Crippen LogP contribution is -2.02. The van der Waals surface area contributed by atoms with Crippen molar-refractivity contribution < 1.29 is 9.50 Å². The van der Waals surface area contributed by atoms with Crippen molar-refractivity contribution in [3.63, 3.8) is 0 Å². The van der Waals surface area contributed by atoms with Crippen molar-refractivity contribution in [1.82, 2.24) is 0 Å². The van der Waals surface area contributed by atoms with Crippen LogP contribution in [0, 0.1) is 0 Å². The molecule has 54 valence electrons. The van der Waals surface area contributed by atoms with Crippen LogP contribution in [0.5, 0.6) is 0 Å². The largest absolute Gasteiger partial charge is 0.393 e. The van der Waals surface area contributed by atoms with E-state index in [-0.39, 0.29) is 6.10 Å². The van der Waals surface area contributed by atoms with Gasteiger partial charge in [0.25, 0.3) is 0 Å². The molecule has 0 bridgehead atoms. The van der Waals surface area contributed by atoms with Gasteiger partial charge >= 0.3 is 0 Å². The highest BCUT2D eigenvalue weighted by Gasteiger charge is 1.97. The number of hydrogen-bond donors (Lipinski definition) is 1. The summed E-state index contributed by atoms with van der Waals surface area (Å²) in [6.45, 7) is 1.99. The van der Waals surface area contributed by atoms with Gasteiger partial charge in [-0.05, 0) is 12.8 Å². The molecule has 0 fully saturated rings. The Morgan fingerprint density at radius 1 is 1.67 bits per heavy atom. The Balaban J connectivity index is 3.15. The maximum atomic E-state index is 11.3. The molecule has 1 unspecified atom stereocenters. The minimum absolute atomic E-state index is 0.359. The summed E-state index contributed by atoms with van der Waals surface area (Å²) in [7, 11) is 0. The lowest BCUT2D eigenvalue weighted by atomic mass is 10.1. The van der Waals surface area contributed by atoms with Crippen molar-refractivity contribution in [1.29, 1.82) is 0 Å². The molecule has 2 heteroatoms. The Kier molecular flexibility index (Phi) is 5.52. The fourth-order valence-electron chi connectivity index (χ4n) is 0.660. The Hall–Kier alpha value is -0.370. The summed E-state index contributed by atoms with van der Waals surface area (Å²) in [5.41, 5.74) is 0. The fourth-order valence-corrected chi connectivity index (χ4v) is 0.660. The number of rotatable bonds is 4. The Labute approximate surface area is 55.2 Å². The zero-order valence-electron chi connectivity index (χ0n) is 5.68. The van der Waals surface area contributed by atoms with Crippen LogP contribution in [0.25, 0.3) is 0 Å². The van der Waals surface area contributed by atoms with Gasteiger partial charge in [0, 0.05) is 0 Å². The lowest BCUT2D eigenvalue weighted by molar-refractivity contribution is 0.166. The highest BCUT2D eigenvalue weighted by molar-refractivity contribution is 4.75. The van der Waals surface area contributed by atoms with Crippen LogP contribution in [-0.2, 0) is 0 Å². The third-order valence-corrected chi connectivity index (χ3v) is 1.12. The molecule has 1 N–H and O–H groups in total. The molecule has 1 atom stereocenters.